The first-order chi connectivity index (χ1) is 12.6. The average Bonchev–Trinajstić information content (AvgIpc) is 2.68. The van der Waals surface area contributed by atoms with Crippen molar-refractivity contribution in [3.05, 3.63) is 82.3 Å². The Labute approximate surface area is 160 Å². The predicted octanol–water partition coefficient (Wildman–Crippen LogP) is 4.12. The summed E-state index contributed by atoms with van der Waals surface area (Å²) in [5.41, 5.74) is 1.47. The number of nitrogens with one attached hydrogen (secondary N) is 1. The van der Waals surface area contributed by atoms with Gasteiger partial charge in [0, 0.05) is 16.5 Å². The van der Waals surface area contributed by atoms with Gasteiger partial charge >= 0.3 is 5.97 Å². The fourth-order valence-electron chi connectivity index (χ4n) is 2.88. The van der Waals surface area contributed by atoms with E-state index >= 15 is 0 Å². The molecule has 0 bridgehead atoms. The van der Waals surface area contributed by atoms with Gasteiger partial charge in [0.05, 0.1) is 7.11 Å². The summed E-state index contributed by atoms with van der Waals surface area (Å²) in [7, 11) is 1.32. The Bertz CT molecular complexity index is 940. The number of ether oxygens (including phenoxy) is 1. The Kier molecular flexibility index (Phi) is 5.68. The van der Waals surface area contributed by atoms with Gasteiger partial charge in [-0.15, -0.1) is 0 Å². The molecule has 1 amide bonds. The summed E-state index contributed by atoms with van der Waals surface area (Å²) in [5, 5.41) is 4.58. The molecule has 0 aliphatic carbocycles. The normalized spacial score (nSPS) is 11.8. The van der Waals surface area contributed by atoms with E-state index in [1.54, 1.807) is 6.07 Å². The molecule has 0 saturated carbocycles. The molecule has 3 aromatic rings. The molecule has 0 saturated heterocycles. The molecule has 0 aromatic heterocycles. The summed E-state index contributed by atoms with van der Waals surface area (Å²) in [6, 6.07) is 20.0. The van der Waals surface area contributed by atoms with Gasteiger partial charge in [0.1, 0.15) is 6.04 Å². The summed E-state index contributed by atoms with van der Waals surface area (Å²) < 4.78 is 5.78. The van der Waals surface area contributed by atoms with Crippen molar-refractivity contribution in [2.75, 3.05) is 7.11 Å². The maximum Gasteiger partial charge on any atom is 0.328 e. The zero-order valence-electron chi connectivity index (χ0n) is 14.2. The van der Waals surface area contributed by atoms with Crippen LogP contribution in [0.5, 0.6) is 0 Å². The predicted molar refractivity (Wildman–Crippen MR) is 105 cm³/mol. The molecule has 1 unspecified atom stereocenters. The van der Waals surface area contributed by atoms with E-state index in [0.29, 0.717) is 12.0 Å². The number of halogens is 1. The number of hydrogen-bond acceptors (Lipinski definition) is 3. The van der Waals surface area contributed by atoms with Gasteiger partial charge in [0.25, 0.3) is 5.91 Å². The van der Waals surface area contributed by atoms with Gasteiger partial charge in [0.2, 0.25) is 0 Å². The van der Waals surface area contributed by atoms with Gasteiger partial charge in [-0.05, 0) is 28.5 Å². The number of fused-ring (bicyclic) bond motifs is 1. The van der Waals surface area contributed by atoms with Crippen molar-refractivity contribution in [2.45, 2.75) is 12.5 Å². The Morgan fingerprint density at radius 1 is 0.962 bits per heavy atom. The lowest BCUT2D eigenvalue weighted by molar-refractivity contribution is -0.142. The molecule has 132 valence electrons. The number of carbonyl (C=O) groups is 2. The van der Waals surface area contributed by atoms with E-state index in [-0.39, 0.29) is 5.91 Å². The molecule has 0 aliphatic heterocycles. The molecule has 5 heteroatoms. The van der Waals surface area contributed by atoms with Crippen molar-refractivity contribution < 1.29 is 14.3 Å². The molecule has 1 N–H and O–H groups in total. The number of carbonyl (C=O) groups excluding carboxylic acids is 2. The fraction of sp³-hybridized carbons (Fsp3) is 0.143. The number of hydrogen-bond donors (Lipinski definition) is 1. The minimum atomic E-state index is -0.752. The van der Waals surface area contributed by atoms with Gasteiger partial charge in [0.15, 0.2) is 0 Å². The lowest BCUT2D eigenvalue weighted by Crippen LogP contribution is -2.43. The highest BCUT2D eigenvalue weighted by Gasteiger charge is 2.23. The maximum absolute atomic E-state index is 12.9. The molecule has 0 fully saturated rings. The Morgan fingerprint density at radius 3 is 2.31 bits per heavy atom. The van der Waals surface area contributed by atoms with Crippen LogP contribution in [-0.2, 0) is 16.0 Å². The second kappa shape index (κ2) is 8.15. The van der Waals surface area contributed by atoms with Crippen LogP contribution in [0.25, 0.3) is 10.8 Å². The molecule has 3 aromatic carbocycles. The van der Waals surface area contributed by atoms with Gasteiger partial charge in [-0.25, -0.2) is 4.79 Å². The van der Waals surface area contributed by atoms with Crippen LogP contribution in [0.2, 0.25) is 0 Å². The molecule has 0 aliphatic rings. The van der Waals surface area contributed by atoms with Gasteiger partial charge < -0.3 is 10.1 Å². The minimum absolute atomic E-state index is 0.306. The van der Waals surface area contributed by atoms with Crippen LogP contribution in [0.15, 0.2) is 71.2 Å². The summed E-state index contributed by atoms with van der Waals surface area (Å²) in [5.74, 6) is -0.774. The first-order valence-corrected chi connectivity index (χ1v) is 8.99. The van der Waals surface area contributed by atoms with Crippen molar-refractivity contribution in [3.8, 4) is 0 Å². The summed E-state index contributed by atoms with van der Waals surface area (Å²) in [6.07, 6.45) is 0.369. The quantitative estimate of drug-likeness (QED) is 0.642. The van der Waals surface area contributed by atoms with E-state index in [9.17, 15) is 9.59 Å². The smallest absolute Gasteiger partial charge is 0.328 e. The highest BCUT2D eigenvalue weighted by Crippen LogP contribution is 2.26. The van der Waals surface area contributed by atoms with Gasteiger partial charge in [-0.2, -0.15) is 0 Å². The molecule has 26 heavy (non-hydrogen) atoms. The molecular formula is C21H18BrNO3. The number of esters is 1. The van der Waals surface area contributed by atoms with Crippen LogP contribution >= 0.6 is 15.9 Å². The van der Waals surface area contributed by atoms with Crippen molar-refractivity contribution in [2.24, 2.45) is 0 Å². The van der Waals surface area contributed by atoms with Crippen LogP contribution in [-0.4, -0.2) is 25.0 Å². The first-order valence-electron chi connectivity index (χ1n) is 8.20. The lowest BCUT2D eigenvalue weighted by Gasteiger charge is -2.17. The second-order valence-electron chi connectivity index (χ2n) is 5.88. The number of rotatable bonds is 5. The molecule has 0 spiro atoms. The number of amides is 1. The monoisotopic (exact) mass is 411 g/mol. The van der Waals surface area contributed by atoms with E-state index < -0.39 is 12.0 Å². The van der Waals surface area contributed by atoms with Crippen molar-refractivity contribution in [1.29, 1.82) is 0 Å². The minimum Gasteiger partial charge on any atom is -0.467 e. The van der Waals surface area contributed by atoms with E-state index in [1.165, 1.54) is 7.11 Å². The third-order valence-electron chi connectivity index (χ3n) is 4.19. The molecule has 3 rings (SSSR count). The lowest BCUT2D eigenvalue weighted by atomic mass is 10.0. The Hall–Kier alpha value is -2.66. The number of benzene rings is 3. The highest BCUT2D eigenvalue weighted by molar-refractivity contribution is 9.10. The van der Waals surface area contributed by atoms with Crippen LogP contribution in [0.1, 0.15) is 15.9 Å². The van der Waals surface area contributed by atoms with Crippen LogP contribution in [0.3, 0.4) is 0 Å². The molecule has 1 atom stereocenters. The van der Waals surface area contributed by atoms with Crippen molar-refractivity contribution >= 4 is 38.6 Å². The first kappa shape index (κ1) is 18.1. The van der Waals surface area contributed by atoms with Crippen molar-refractivity contribution in [3.63, 3.8) is 0 Å². The zero-order chi connectivity index (χ0) is 18.5. The Morgan fingerprint density at radius 2 is 1.62 bits per heavy atom. The van der Waals surface area contributed by atoms with E-state index in [4.69, 9.17) is 4.74 Å². The summed E-state index contributed by atoms with van der Waals surface area (Å²) >= 11 is 3.50. The van der Waals surface area contributed by atoms with Gasteiger partial charge in [-0.3, -0.25) is 4.79 Å². The average molecular weight is 412 g/mol. The highest BCUT2D eigenvalue weighted by atomic mass is 79.9. The fourth-order valence-corrected chi connectivity index (χ4v) is 3.36. The zero-order valence-corrected chi connectivity index (χ0v) is 15.8. The number of methoxy groups -OCH3 is 1. The summed E-state index contributed by atoms with van der Waals surface area (Å²) in [4.78, 5) is 25.0. The summed E-state index contributed by atoms with van der Waals surface area (Å²) in [6.45, 7) is 0. The third kappa shape index (κ3) is 3.94. The Balaban J connectivity index is 1.89. The largest absolute Gasteiger partial charge is 0.467 e. The third-order valence-corrected chi connectivity index (χ3v) is 4.88. The topological polar surface area (TPSA) is 55.4 Å². The molecular weight excluding hydrogens is 394 g/mol. The molecule has 0 heterocycles. The van der Waals surface area contributed by atoms with Crippen LogP contribution in [0, 0.1) is 0 Å². The second-order valence-corrected chi connectivity index (χ2v) is 6.73. The molecule has 4 nitrogen and oxygen atoms in total. The van der Waals surface area contributed by atoms with E-state index in [0.717, 1.165) is 20.8 Å². The van der Waals surface area contributed by atoms with Gasteiger partial charge in [-0.1, -0.05) is 70.5 Å². The van der Waals surface area contributed by atoms with Crippen molar-refractivity contribution in [1.82, 2.24) is 5.32 Å². The van der Waals surface area contributed by atoms with E-state index in [2.05, 4.69) is 21.2 Å². The molecule has 0 radical (unpaired) electrons. The van der Waals surface area contributed by atoms with E-state index in [1.807, 2.05) is 60.7 Å². The van der Waals surface area contributed by atoms with Crippen LogP contribution in [0.4, 0.5) is 0 Å². The standard InChI is InChI=1S/C21H18BrNO3/c1-26-21(25)19(13-14-7-3-2-4-8-14)23-20(24)17-11-12-18(22)16-10-6-5-9-15(16)17/h2-12,19H,13H2,1H3,(H,23,24). The maximum atomic E-state index is 12.9. The van der Waals surface area contributed by atoms with Crippen LogP contribution < -0.4 is 5.32 Å². The SMILES string of the molecule is COC(=O)C(Cc1ccccc1)NC(=O)c1ccc(Br)c2ccccc12.